The number of aliphatic hydroxyl groups excluding tert-OH is 1. The Hall–Kier alpha value is -4.65. The molecular formula is C27H26F3N7O3. The van der Waals surface area contributed by atoms with Gasteiger partial charge in [-0.25, -0.2) is 19.0 Å². The molecule has 4 N–H and O–H groups in total. The number of hydrogen-bond acceptors (Lipinski definition) is 8. The normalized spacial score (nSPS) is 15.3. The van der Waals surface area contributed by atoms with Crippen molar-refractivity contribution in [1.82, 2.24) is 19.7 Å². The van der Waals surface area contributed by atoms with Crippen LogP contribution in [-0.2, 0) is 0 Å². The number of nitrogens with two attached hydrogens (primary N) is 1. The maximum Gasteiger partial charge on any atom is 0.333 e. The topological polar surface area (TPSA) is 131 Å². The minimum atomic E-state index is -2.79. The van der Waals surface area contributed by atoms with Gasteiger partial charge < -0.3 is 25.8 Å². The number of benzene rings is 1. The molecule has 3 aromatic heterocycles. The van der Waals surface area contributed by atoms with Crippen LogP contribution in [0, 0.1) is 5.82 Å². The summed E-state index contributed by atoms with van der Waals surface area (Å²) in [7, 11) is 1.37. The highest BCUT2D eigenvalue weighted by atomic mass is 19.3. The average molecular weight is 554 g/mol. The largest absolute Gasteiger partial charge is 0.496 e. The van der Waals surface area contributed by atoms with E-state index in [2.05, 4.69) is 20.4 Å². The van der Waals surface area contributed by atoms with Crippen LogP contribution in [0.15, 0.2) is 55.0 Å². The first kappa shape index (κ1) is 26.9. The fraction of sp³-hybridized carbons (Fsp3) is 0.259. The molecule has 13 heteroatoms. The van der Waals surface area contributed by atoms with E-state index >= 15 is 0 Å². The van der Waals surface area contributed by atoms with E-state index in [0.717, 1.165) is 6.42 Å². The second-order valence-corrected chi connectivity index (χ2v) is 9.21. The lowest BCUT2D eigenvalue weighted by Gasteiger charge is -2.33. The summed E-state index contributed by atoms with van der Waals surface area (Å²) in [4.78, 5) is 23.0. The number of amides is 1. The summed E-state index contributed by atoms with van der Waals surface area (Å²) in [5.41, 5.74) is 7.15. The molecule has 0 bridgehead atoms. The lowest BCUT2D eigenvalue weighted by atomic mass is 10.0. The lowest BCUT2D eigenvalue weighted by Crippen LogP contribution is -2.38. The van der Waals surface area contributed by atoms with Crippen LogP contribution in [0.5, 0.6) is 5.75 Å². The highest BCUT2D eigenvalue weighted by Gasteiger charge is 2.24. The van der Waals surface area contributed by atoms with Gasteiger partial charge in [0.25, 0.3) is 5.91 Å². The molecule has 1 saturated heterocycles. The van der Waals surface area contributed by atoms with Gasteiger partial charge in [0.15, 0.2) is 0 Å². The predicted octanol–water partition coefficient (Wildman–Crippen LogP) is 4.35. The number of pyridine rings is 2. The summed E-state index contributed by atoms with van der Waals surface area (Å²) in [5.74, 6) is -0.696. The van der Waals surface area contributed by atoms with Gasteiger partial charge in [-0.05, 0) is 37.1 Å². The minimum absolute atomic E-state index is 0.00343. The highest BCUT2D eigenvalue weighted by molar-refractivity contribution is 6.00. The van der Waals surface area contributed by atoms with Crippen LogP contribution in [-0.4, -0.2) is 57.1 Å². The molecule has 4 aromatic rings. The Morgan fingerprint density at radius 1 is 1.23 bits per heavy atom. The molecule has 0 saturated carbocycles. The Balaban J connectivity index is 1.56. The van der Waals surface area contributed by atoms with Crippen LogP contribution < -0.4 is 20.7 Å². The quantitative estimate of drug-likeness (QED) is 0.294. The van der Waals surface area contributed by atoms with Crippen molar-refractivity contribution in [2.45, 2.75) is 25.5 Å². The molecule has 0 aliphatic carbocycles. The van der Waals surface area contributed by atoms with E-state index in [1.807, 2.05) is 4.90 Å². The van der Waals surface area contributed by atoms with Crippen molar-refractivity contribution < 1.29 is 27.8 Å². The summed E-state index contributed by atoms with van der Waals surface area (Å²) < 4.78 is 47.1. The number of aromatic nitrogens is 4. The number of β-amino-alcohol motifs (C(OH)–C–C–N with tert-alkyl or cyclic N) is 1. The number of halogens is 3. The first-order valence-electron chi connectivity index (χ1n) is 12.4. The van der Waals surface area contributed by atoms with Crippen molar-refractivity contribution in [3.8, 4) is 28.1 Å². The number of piperidine rings is 1. The molecule has 1 atom stereocenters. The number of ether oxygens (including phenoxy) is 1. The molecule has 1 aliphatic heterocycles. The fourth-order valence-electron chi connectivity index (χ4n) is 4.71. The van der Waals surface area contributed by atoms with Crippen LogP contribution in [0.4, 0.5) is 30.5 Å². The van der Waals surface area contributed by atoms with Gasteiger partial charge >= 0.3 is 6.55 Å². The zero-order valence-corrected chi connectivity index (χ0v) is 21.4. The number of nitrogens with one attached hydrogen (secondary N) is 1. The van der Waals surface area contributed by atoms with Gasteiger partial charge in [-0.15, -0.1) is 0 Å². The van der Waals surface area contributed by atoms with Crippen molar-refractivity contribution in [2.24, 2.45) is 5.73 Å². The second-order valence-electron chi connectivity index (χ2n) is 9.21. The predicted molar refractivity (Wildman–Crippen MR) is 142 cm³/mol. The van der Waals surface area contributed by atoms with Crippen LogP contribution in [0.2, 0.25) is 0 Å². The van der Waals surface area contributed by atoms with Crippen molar-refractivity contribution in [3.63, 3.8) is 0 Å². The number of carbonyl (C=O) groups is 1. The molecule has 10 nitrogen and oxygen atoms in total. The van der Waals surface area contributed by atoms with Crippen molar-refractivity contribution in [2.75, 3.05) is 30.4 Å². The molecule has 1 fully saturated rings. The summed E-state index contributed by atoms with van der Waals surface area (Å²) in [5, 5.41) is 17.1. The monoisotopic (exact) mass is 553 g/mol. The number of aliphatic hydroxyl groups is 1. The molecule has 1 aromatic carbocycles. The Labute approximate surface area is 227 Å². The van der Waals surface area contributed by atoms with E-state index in [1.165, 1.54) is 50.0 Å². The third kappa shape index (κ3) is 5.41. The maximum absolute atomic E-state index is 14.9. The number of carbonyl (C=O) groups excluding carboxylic acids is 1. The molecule has 0 radical (unpaired) electrons. The van der Waals surface area contributed by atoms with Crippen LogP contribution in [0.1, 0.15) is 29.7 Å². The molecular weight excluding hydrogens is 527 g/mol. The maximum atomic E-state index is 14.9. The van der Waals surface area contributed by atoms with Gasteiger partial charge in [-0.1, -0.05) is 6.07 Å². The fourth-order valence-corrected chi connectivity index (χ4v) is 4.71. The second kappa shape index (κ2) is 11.2. The van der Waals surface area contributed by atoms with E-state index in [0.29, 0.717) is 46.8 Å². The van der Waals surface area contributed by atoms with Gasteiger partial charge in [0.2, 0.25) is 0 Å². The first-order valence-corrected chi connectivity index (χ1v) is 12.4. The number of alkyl halides is 2. The van der Waals surface area contributed by atoms with E-state index < -0.39 is 24.4 Å². The Kier molecular flexibility index (Phi) is 7.56. The first-order chi connectivity index (χ1) is 19.2. The van der Waals surface area contributed by atoms with E-state index in [1.54, 1.807) is 12.1 Å². The number of hydrogen-bond donors (Lipinski definition) is 3. The van der Waals surface area contributed by atoms with Gasteiger partial charge in [0, 0.05) is 42.7 Å². The van der Waals surface area contributed by atoms with E-state index in [4.69, 9.17) is 10.5 Å². The lowest BCUT2D eigenvalue weighted by molar-refractivity contribution is 0.0566. The number of anilines is 3. The van der Waals surface area contributed by atoms with Crippen LogP contribution in [0.3, 0.4) is 0 Å². The molecule has 1 aliphatic rings. The molecule has 1 amide bonds. The average Bonchev–Trinajstić information content (AvgIpc) is 3.43. The van der Waals surface area contributed by atoms with Crippen LogP contribution >= 0.6 is 0 Å². The molecule has 40 heavy (non-hydrogen) atoms. The Morgan fingerprint density at radius 2 is 2.05 bits per heavy atom. The number of nitrogens with zero attached hydrogens (tertiary/aromatic N) is 5. The number of primary amides is 1. The van der Waals surface area contributed by atoms with Crippen molar-refractivity contribution in [3.05, 3.63) is 66.4 Å². The van der Waals surface area contributed by atoms with Gasteiger partial charge in [0.05, 0.1) is 41.9 Å². The summed E-state index contributed by atoms with van der Waals surface area (Å²) >= 11 is 0. The molecule has 0 unspecified atom stereocenters. The Bertz CT molecular complexity index is 1550. The number of rotatable bonds is 8. The number of methoxy groups -OCH3 is 1. The zero-order chi connectivity index (χ0) is 28.4. The highest BCUT2D eigenvalue weighted by Crippen LogP contribution is 2.37. The molecule has 5 rings (SSSR count). The molecule has 4 heterocycles. The molecule has 0 spiro atoms. The van der Waals surface area contributed by atoms with Crippen LogP contribution in [0.25, 0.3) is 22.4 Å². The van der Waals surface area contributed by atoms with Crippen molar-refractivity contribution >= 4 is 23.2 Å². The Morgan fingerprint density at radius 3 is 2.75 bits per heavy atom. The van der Waals surface area contributed by atoms with Gasteiger partial charge in [-0.3, -0.25) is 4.79 Å². The van der Waals surface area contributed by atoms with E-state index in [-0.39, 0.29) is 28.4 Å². The summed E-state index contributed by atoms with van der Waals surface area (Å²) in [6.45, 7) is -1.80. The summed E-state index contributed by atoms with van der Waals surface area (Å²) in [6, 6.07) is 8.87. The molecule has 208 valence electrons. The van der Waals surface area contributed by atoms with Gasteiger partial charge in [-0.2, -0.15) is 13.9 Å². The van der Waals surface area contributed by atoms with Crippen molar-refractivity contribution in [1.29, 1.82) is 0 Å². The summed E-state index contributed by atoms with van der Waals surface area (Å²) in [6.07, 6.45) is 4.94. The minimum Gasteiger partial charge on any atom is -0.496 e. The third-order valence-corrected chi connectivity index (χ3v) is 6.58. The SMILES string of the molecule is COc1cccc(F)c1-c1nc(Nc2cc(N3CCC[C@H](O)C3)c(-c3cnn(C(F)F)c3)cn2)ccc1C(N)=O. The third-order valence-electron chi connectivity index (χ3n) is 6.58. The van der Waals surface area contributed by atoms with Gasteiger partial charge in [0.1, 0.15) is 23.2 Å². The van der Waals surface area contributed by atoms with E-state index in [9.17, 15) is 23.1 Å². The smallest absolute Gasteiger partial charge is 0.333 e. The zero-order valence-electron chi connectivity index (χ0n) is 21.4. The standard InChI is InChI=1S/C27H26F3N7O3/c1-40-21-6-2-5-19(28)24(21)25-17(26(31)39)7-8-22(35-25)34-23-10-20(36-9-3-4-16(38)14-36)18(12-32-23)15-11-33-37(13-15)27(29)30/h2,5-8,10-13,16,27,38H,3-4,9,14H2,1H3,(H2,31,39)(H,32,34,35)/t16-/m0/s1.